The van der Waals surface area contributed by atoms with Crippen LogP contribution in [0.2, 0.25) is 0 Å². The lowest BCUT2D eigenvalue weighted by Crippen LogP contribution is -2.42. The Balaban J connectivity index is 2.35. The molecule has 0 bridgehead atoms. The minimum Gasteiger partial charge on any atom is -0.353 e. The third kappa shape index (κ3) is 4.58. The quantitative estimate of drug-likeness (QED) is 0.777. The maximum absolute atomic E-state index is 13.0. The van der Waals surface area contributed by atoms with Gasteiger partial charge in [0.25, 0.3) is 0 Å². The standard InChI is InChI=1S/C11H19F2NO/c1-8(2)6-10(15)14-9-4-3-5-11(12,13)7-9/h8-9H,3-7H2,1-2H3,(H,14,15). The van der Waals surface area contributed by atoms with Crippen LogP contribution in [0, 0.1) is 5.92 Å². The van der Waals surface area contributed by atoms with Crippen molar-refractivity contribution < 1.29 is 13.6 Å². The molecule has 0 radical (unpaired) electrons. The molecular weight excluding hydrogens is 200 g/mol. The van der Waals surface area contributed by atoms with Gasteiger partial charge in [0.1, 0.15) is 0 Å². The molecule has 0 saturated heterocycles. The number of rotatable bonds is 3. The Bertz CT molecular complexity index is 229. The van der Waals surface area contributed by atoms with E-state index in [1.165, 1.54) is 0 Å². The van der Waals surface area contributed by atoms with E-state index in [2.05, 4.69) is 5.32 Å². The Morgan fingerprint density at radius 3 is 2.73 bits per heavy atom. The van der Waals surface area contributed by atoms with E-state index in [4.69, 9.17) is 0 Å². The third-order valence-electron chi connectivity index (χ3n) is 2.60. The van der Waals surface area contributed by atoms with Crippen molar-refractivity contribution in [2.75, 3.05) is 0 Å². The maximum atomic E-state index is 13.0. The van der Waals surface area contributed by atoms with Crippen molar-refractivity contribution in [3.63, 3.8) is 0 Å². The molecule has 2 nitrogen and oxygen atoms in total. The van der Waals surface area contributed by atoms with Crippen LogP contribution in [0.25, 0.3) is 0 Å². The predicted octanol–water partition coefficient (Wildman–Crippen LogP) is 2.73. The summed E-state index contributed by atoms with van der Waals surface area (Å²) >= 11 is 0. The van der Waals surface area contributed by atoms with Crippen LogP contribution >= 0.6 is 0 Å². The van der Waals surface area contributed by atoms with Crippen molar-refractivity contribution in [3.05, 3.63) is 0 Å². The summed E-state index contributed by atoms with van der Waals surface area (Å²) in [6.07, 6.45) is 1.36. The van der Waals surface area contributed by atoms with Gasteiger partial charge in [0, 0.05) is 25.3 Å². The van der Waals surface area contributed by atoms with E-state index in [9.17, 15) is 13.6 Å². The molecule has 0 aromatic carbocycles. The lowest BCUT2D eigenvalue weighted by atomic mass is 9.92. The summed E-state index contributed by atoms with van der Waals surface area (Å²) < 4.78 is 26.0. The zero-order valence-electron chi connectivity index (χ0n) is 9.35. The molecular formula is C11H19F2NO. The molecule has 0 spiro atoms. The fourth-order valence-corrected chi connectivity index (χ4v) is 1.95. The molecule has 1 atom stereocenters. The molecule has 15 heavy (non-hydrogen) atoms. The fraction of sp³-hybridized carbons (Fsp3) is 0.909. The monoisotopic (exact) mass is 219 g/mol. The summed E-state index contributed by atoms with van der Waals surface area (Å²) in [7, 11) is 0. The highest BCUT2D eigenvalue weighted by atomic mass is 19.3. The number of hydrogen-bond acceptors (Lipinski definition) is 1. The Labute approximate surface area is 89.4 Å². The number of halogens is 2. The first kappa shape index (κ1) is 12.4. The summed E-state index contributed by atoms with van der Waals surface area (Å²) in [5, 5.41) is 2.69. The van der Waals surface area contributed by atoms with Crippen LogP contribution in [-0.4, -0.2) is 17.9 Å². The van der Waals surface area contributed by atoms with Crippen LogP contribution in [0.1, 0.15) is 46.0 Å². The SMILES string of the molecule is CC(C)CC(=O)NC1CCCC(F)(F)C1. The molecule has 0 heterocycles. The van der Waals surface area contributed by atoms with E-state index in [0.29, 0.717) is 19.3 Å². The largest absolute Gasteiger partial charge is 0.353 e. The highest BCUT2D eigenvalue weighted by molar-refractivity contribution is 5.76. The van der Waals surface area contributed by atoms with Crippen LogP contribution < -0.4 is 5.32 Å². The van der Waals surface area contributed by atoms with Gasteiger partial charge >= 0.3 is 0 Å². The smallest absolute Gasteiger partial charge is 0.250 e. The Morgan fingerprint density at radius 1 is 1.53 bits per heavy atom. The van der Waals surface area contributed by atoms with Crippen LogP contribution in [0.5, 0.6) is 0 Å². The highest BCUT2D eigenvalue weighted by Crippen LogP contribution is 2.33. The second-order valence-corrected chi connectivity index (χ2v) is 4.81. The van der Waals surface area contributed by atoms with E-state index >= 15 is 0 Å². The van der Waals surface area contributed by atoms with E-state index in [1.54, 1.807) is 0 Å². The first-order chi connectivity index (χ1) is 6.89. The number of alkyl halides is 2. The average Bonchev–Trinajstić information content (AvgIpc) is 1.99. The number of nitrogens with one attached hydrogen (secondary N) is 1. The highest BCUT2D eigenvalue weighted by Gasteiger charge is 2.36. The van der Waals surface area contributed by atoms with Crippen molar-refractivity contribution in [2.24, 2.45) is 5.92 Å². The van der Waals surface area contributed by atoms with Crippen molar-refractivity contribution in [1.82, 2.24) is 5.32 Å². The summed E-state index contributed by atoms with van der Waals surface area (Å²) in [4.78, 5) is 11.4. The Kier molecular flexibility index (Phi) is 4.05. The topological polar surface area (TPSA) is 29.1 Å². The molecule has 1 rings (SSSR count). The van der Waals surface area contributed by atoms with Gasteiger partial charge in [0.15, 0.2) is 0 Å². The lowest BCUT2D eigenvalue weighted by Gasteiger charge is -2.29. The summed E-state index contributed by atoms with van der Waals surface area (Å²) in [6, 6.07) is -0.333. The molecule has 1 aliphatic rings. The van der Waals surface area contributed by atoms with Gasteiger partial charge in [-0.15, -0.1) is 0 Å². The van der Waals surface area contributed by atoms with Gasteiger partial charge < -0.3 is 5.32 Å². The molecule has 1 unspecified atom stereocenters. The van der Waals surface area contributed by atoms with E-state index < -0.39 is 5.92 Å². The van der Waals surface area contributed by atoms with Crippen molar-refractivity contribution in [1.29, 1.82) is 0 Å². The van der Waals surface area contributed by atoms with Crippen molar-refractivity contribution in [3.8, 4) is 0 Å². The minimum atomic E-state index is -2.59. The van der Waals surface area contributed by atoms with E-state index in [-0.39, 0.29) is 30.7 Å². The van der Waals surface area contributed by atoms with Crippen LogP contribution in [0.4, 0.5) is 8.78 Å². The zero-order chi connectivity index (χ0) is 11.5. The van der Waals surface area contributed by atoms with Crippen LogP contribution in [0.15, 0.2) is 0 Å². The molecule has 88 valence electrons. The molecule has 0 aliphatic heterocycles. The Hall–Kier alpha value is -0.670. The molecule has 0 aromatic rings. The van der Waals surface area contributed by atoms with Gasteiger partial charge in [-0.1, -0.05) is 13.8 Å². The maximum Gasteiger partial charge on any atom is 0.250 e. The summed E-state index contributed by atoms with van der Waals surface area (Å²) in [6.45, 7) is 3.88. The molecule has 1 aliphatic carbocycles. The second kappa shape index (κ2) is 4.90. The fourth-order valence-electron chi connectivity index (χ4n) is 1.95. The zero-order valence-corrected chi connectivity index (χ0v) is 9.35. The first-order valence-corrected chi connectivity index (χ1v) is 5.56. The molecule has 4 heteroatoms. The number of hydrogen-bond donors (Lipinski definition) is 1. The average molecular weight is 219 g/mol. The van der Waals surface area contributed by atoms with Crippen LogP contribution in [-0.2, 0) is 4.79 Å². The van der Waals surface area contributed by atoms with Crippen LogP contribution in [0.3, 0.4) is 0 Å². The second-order valence-electron chi connectivity index (χ2n) is 4.81. The molecule has 0 aromatic heterocycles. The molecule has 1 N–H and O–H groups in total. The van der Waals surface area contributed by atoms with Gasteiger partial charge in [0.2, 0.25) is 11.8 Å². The Morgan fingerprint density at radius 2 is 2.20 bits per heavy atom. The van der Waals surface area contributed by atoms with Crippen molar-refractivity contribution in [2.45, 2.75) is 57.9 Å². The van der Waals surface area contributed by atoms with Crippen molar-refractivity contribution >= 4 is 5.91 Å². The predicted molar refractivity (Wildman–Crippen MR) is 54.8 cm³/mol. The molecule has 1 saturated carbocycles. The molecule has 1 fully saturated rings. The van der Waals surface area contributed by atoms with Gasteiger partial charge in [-0.2, -0.15) is 0 Å². The normalized spacial score (nSPS) is 25.3. The van der Waals surface area contributed by atoms with Gasteiger partial charge in [-0.25, -0.2) is 8.78 Å². The minimum absolute atomic E-state index is 0.0381. The van der Waals surface area contributed by atoms with Gasteiger partial charge in [-0.3, -0.25) is 4.79 Å². The molecule has 1 amide bonds. The van der Waals surface area contributed by atoms with Gasteiger partial charge in [-0.05, 0) is 18.8 Å². The summed E-state index contributed by atoms with van der Waals surface area (Å²) in [5.74, 6) is -2.42. The third-order valence-corrected chi connectivity index (χ3v) is 2.60. The number of carbonyl (C=O) groups is 1. The first-order valence-electron chi connectivity index (χ1n) is 5.56. The lowest BCUT2D eigenvalue weighted by molar-refractivity contribution is -0.123. The number of amides is 1. The number of carbonyl (C=O) groups excluding carboxylic acids is 1. The summed E-state index contributed by atoms with van der Waals surface area (Å²) in [5.41, 5.74) is 0. The van der Waals surface area contributed by atoms with Gasteiger partial charge in [0.05, 0.1) is 0 Å². The van der Waals surface area contributed by atoms with E-state index in [0.717, 1.165) is 0 Å². The van der Waals surface area contributed by atoms with E-state index in [1.807, 2.05) is 13.8 Å².